The van der Waals surface area contributed by atoms with Gasteiger partial charge in [-0.2, -0.15) is 0 Å². The first-order chi connectivity index (χ1) is 17.1. The lowest BCUT2D eigenvalue weighted by Crippen LogP contribution is -2.43. The zero-order chi connectivity index (χ0) is 25.6. The lowest BCUT2D eigenvalue weighted by molar-refractivity contribution is -0.135. The first kappa shape index (κ1) is 24.7. The molecule has 0 bridgehead atoms. The summed E-state index contributed by atoms with van der Waals surface area (Å²) in [5.74, 6) is 1.68. The Balaban J connectivity index is 1.41. The molecule has 0 aliphatic carbocycles. The molecule has 5 rings (SSSR count). The van der Waals surface area contributed by atoms with Crippen molar-refractivity contribution in [2.75, 3.05) is 24.1 Å². The maximum Gasteiger partial charge on any atom is 0.261 e. The summed E-state index contributed by atoms with van der Waals surface area (Å²) in [6.45, 7) is 7.23. The molecule has 192 valence electrons. The van der Waals surface area contributed by atoms with Gasteiger partial charge in [-0.25, -0.2) is 23.4 Å². The van der Waals surface area contributed by atoms with Crippen molar-refractivity contribution in [3.63, 3.8) is 0 Å². The molecular weight excluding hydrogens is 500 g/mol. The van der Waals surface area contributed by atoms with Gasteiger partial charge in [0, 0.05) is 25.9 Å². The molecule has 0 radical (unpaired) electrons. The van der Waals surface area contributed by atoms with Crippen molar-refractivity contribution in [1.29, 1.82) is 0 Å². The van der Waals surface area contributed by atoms with E-state index in [4.69, 9.17) is 9.72 Å². The van der Waals surface area contributed by atoms with Crippen LogP contribution in [0.3, 0.4) is 0 Å². The molecule has 36 heavy (non-hydrogen) atoms. The number of carbonyl (C=O) groups excluding carboxylic acids is 1. The van der Waals surface area contributed by atoms with Crippen LogP contribution in [0.25, 0.3) is 0 Å². The zero-order valence-corrected chi connectivity index (χ0v) is 22.5. The van der Waals surface area contributed by atoms with E-state index in [-0.39, 0.29) is 24.4 Å². The largest absolute Gasteiger partial charge is 0.482 e. The lowest BCUT2D eigenvalue weighted by Gasteiger charge is -2.36. The van der Waals surface area contributed by atoms with Gasteiger partial charge in [0.25, 0.3) is 5.91 Å². The predicted molar refractivity (Wildman–Crippen MR) is 137 cm³/mol. The first-order valence-corrected chi connectivity index (χ1v) is 14.8. The smallest absolute Gasteiger partial charge is 0.261 e. The SMILES string of the molecule is CCc1nc(NS(C)(=O)=O)ccc1OCC(=O)N1CCc2nc3n(c2[C@@H]1c1sc(C)nc1C)CCC3. The summed E-state index contributed by atoms with van der Waals surface area (Å²) in [5.41, 5.74) is 3.71. The zero-order valence-electron chi connectivity index (χ0n) is 20.9. The molecule has 1 amide bonds. The second-order valence-corrected chi connectivity index (χ2v) is 12.2. The van der Waals surface area contributed by atoms with Crippen molar-refractivity contribution in [2.24, 2.45) is 0 Å². The second kappa shape index (κ2) is 9.47. The number of nitrogens with one attached hydrogen (secondary N) is 1. The Morgan fingerprint density at radius 3 is 2.69 bits per heavy atom. The molecule has 12 heteroatoms. The van der Waals surface area contributed by atoms with E-state index < -0.39 is 10.0 Å². The number of nitrogens with zero attached hydrogens (tertiary/aromatic N) is 5. The number of amides is 1. The van der Waals surface area contributed by atoms with Gasteiger partial charge >= 0.3 is 0 Å². The molecule has 0 unspecified atom stereocenters. The Hall–Kier alpha value is -2.99. The number of aromatic nitrogens is 4. The molecule has 0 spiro atoms. The van der Waals surface area contributed by atoms with Crippen molar-refractivity contribution < 1.29 is 17.9 Å². The van der Waals surface area contributed by atoms with Crippen LogP contribution in [0, 0.1) is 13.8 Å². The van der Waals surface area contributed by atoms with E-state index in [0.29, 0.717) is 30.8 Å². The van der Waals surface area contributed by atoms with Crippen LogP contribution in [0.15, 0.2) is 12.1 Å². The Morgan fingerprint density at radius 2 is 2.00 bits per heavy atom. The quantitative estimate of drug-likeness (QED) is 0.499. The number of aryl methyl sites for hydroxylation is 4. The molecule has 3 aromatic heterocycles. The molecular formula is C24H30N6O4S2. The van der Waals surface area contributed by atoms with Gasteiger partial charge in [-0.15, -0.1) is 11.3 Å². The van der Waals surface area contributed by atoms with Crippen LogP contribution < -0.4 is 9.46 Å². The summed E-state index contributed by atoms with van der Waals surface area (Å²) < 4.78 is 33.7. The highest BCUT2D eigenvalue weighted by molar-refractivity contribution is 7.92. The molecule has 3 aromatic rings. The van der Waals surface area contributed by atoms with Crippen LogP contribution in [0.5, 0.6) is 5.75 Å². The van der Waals surface area contributed by atoms with Crippen LogP contribution in [0.4, 0.5) is 5.82 Å². The number of carbonyl (C=O) groups is 1. The van der Waals surface area contributed by atoms with E-state index in [9.17, 15) is 13.2 Å². The average Bonchev–Trinajstić information content (AvgIpc) is 3.50. The van der Waals surface area contributed by atoms with Crippen molar-refractivity contribution >= 4 is 33.1 Å². The molecule has 0 aromatic carbocycles. The Bertz CT molecular complexity index is 1430. The van der Waals surface area contributed by atoms with Gasteiger partial charge in [0.2, 0.25) is 10.0 Å². The Kier molecular flexibility index (Phi) is 6.50. The van der Waals surface area contributed by atoms with Gasteiger partial charge in [0.1, 0.15) is 23.4 Å². The lowest BCUT2D eigenvalue weighted by atomic mass is 9.99. The maximum atomic E-state index is 13.6. The summed E-state index contributed by atoms with van der Waals surface area (Å²) >= 11 is 1.63. The number of imidazole rings is 1. The maximum absolute atomic E-state index is 13.6. The average molecular weight is 531 g/mol. The van der Waals surface area contributed by atoms with E-state index in [1.54, 1.807) is 17.4 Å². The summed E-state index contributed by atoms with van der Waals surface area (Å²) in [6.07, 6.45) is 4.35. The fourth-order valence-electron chi connectivity index (χ4n) is 5.07. The molecule has 1 N–H and O–H groups in total. The normalized spacial score (nSPS) is 17.1. The number of anilines is 1. The summed E-state index contributed by atoms with van der Waals surface area (Å²) in [7, 11) is -3.44. The van der Waals surface area contributed by atoms with Gasteiger partial charge < -0.3 is 14.2 Å². The molecule has 1 atom stereocenters. The number of hydrogen-bond donors (Lipinski definition) is 1. The molecule has 0 saturated heterocycles. The highest BCUT2D eigenvalue weighted by atomic mass is 32.2. The highest BCUT2D eigenvalue weighted by Crippen LogP contribution is 2.41. The minimum atomic E-state index is -3.44. The van der Waals surface area contributed by atoms with Crippen molar-refractivity contribution in [3.8, 4) is 5.75 Å². The van der Waals surface area contributed by atoms with Gasteiger partial charge in [-0.05, 0) is 38.8 Å². The standard InChI is InChI=1S/C24H30N6O4S2/c1-5-16-18(8-9-19(26-16)28-36(4,32)33)34-13-21(31)30-12-10-17-22(29-11-6-7-20(29)27-17)23(30)24-14(2)25-15(3)35-24/h8-9,23H,5-7,10-13H2,1-4H3,(H,26,28)/t23-/m1/s1. The van der Waals surface area contributed by atoms with Gasteiger partial charge in [-0.3, -0.25) is 9.52 Å². The second-order valence-electron chi connectivity index (χ2n) is 9.20. The number of thiazole rings is 1. The fraction of sp³-hybridized carbons (Fsp3) is 0.500. The van der Waals surface area contributed by atoms with Crippen molar-refractivity contribution in [2.45, 2.75) is 59.0 Å². The number of sulfonamides is 1. The third-order valence-electron chi connectivity index (χ3n) is 6.52. The third kappa shape index (κ3) is 4.71. The Morgan fingerprint density at radius 1 is 1.19 bits per heavy atom. The van der Waals surface area contributed by atoms with Gasteiger partial charge in [0.15, 0.2) is 6.61 Å². The summed E-state index contributed by atoms with van der Waals surface area (Å²) in [6, 6.07) is 2.95. The number of rotatable bonds is 7. The monoisotopic (exact) mass is 530 g/mol. The third-order valence-corrected chi connectivity index (χ3v) is 8.23. The molecule has 2 aliphatic rings. The predicted octanol–water partition coefficient (Wildman–Crippen LogP) is 2.78. The first-order valence-electron chi connectivity index (χ1n) is 12.1. The van der Waals surface area contributed by atoms with Crippen LogP contribution in [-0.4, -0.2) is 58.2 Å². The molecule has 2 aliphatic heterocycles. The van der Waals surface area contributed by atoms with Crippen LogP contribution in [0.2, 0.25) is 0 Å². The van der Waals surface area contributed by atoms with Crippen LogP contribution in [0.1, 0.15) is 57.9 Å². The number of fused-ring (bicyclic) bond motifs is 3. The van der Waals surface area contributed by atoms with Gasteiger partial charge in [-0.1, -0.05) is 6.92 Å². The number of ether oxygens (including phenoxy) is 1. The van der Waals surface area contributed by atoms with E-state index in [1.807, 2.05) is 25.7 Å². The molecule has 0 saturated carbocycles. The topological polar surface area (TPSA) is 119 Å². The minimum absolute atomic E-state index is 0.120. The molecule has 0 fully saturated rings. The van der Waals surface area contributed by atoms with Crippen LogP contribution in [-0.2, 0) is 40.6 Å². The van der Waals surface area contributed by atoms with Crippen molar-refractivity contribution in [1.82, 2.24) is 24.4 Å². The summed E-state index contributed by atoms with van der Waals surface area (Å²) in [5, 5.41) is 0.973. The van der Waals surface area contributed by atoms with Crippen LogP contribution >= 0.6 is 11.3 Å². The highest BCUT2D eigenvalue weighted by Gasteiger charge is 2.39. The van der Waals surface area contributed by atoms with E-state index >= 15 is 0 Å². The number of pyridine rings is 1. The minimum Gasteiger partial charge on any atom is -0.482 e. The fourth-order valence-corrected chi connectivity index (χ4v) is 6.61. The van der Waals surface area contributed by atoms with E-state index in [2.05, 4.69) is 19.3 Å². The molecule has 5 heterocycles. The Labute approximate surface area is 214 Å². The van der Waals surface area contributed by atoms with Gasteiger partial charge in [0.05, 0.1) is 38.9 Å². The van der Waals surface area contributed by atoms with Crippen molar-refractivity contribution in [3.05, 3.63) is 50.6 Å². The molecule has 10 nitrogen and oxygen atoms in total. The van der Waals surface area contributed by atoms with E-state index in [0.717, 1.165) is 58.4 Å². The summed E-state index contributed by atoms with van der Waals surface area (Å²) in [4.78, 5) is 30.5. The van der Waals surface area contributed by atoms with E-state index in [1.165, 1.54) is 6.07 Å². The number of hydrogen-bond acceptors (Lipinski definition) is 8.